The fraction of sp³-hybridized carbons (Fsp3) is 0.889. The molecule has 1 unspecified atom stereocenters. The second kappa shape index (κ2) is 8.84. The zero-order valence-corrected chi connectivity index (χ0v) is 14.0. The van der Waals surface area contributed by atoms with Gasteiger partial charge in [0.1, 0.15) is 0 Å². The number of nitrogens with one attached hydrogen (secondary N) is 1. The minimum absolute atomic E-state index is 0.474. The van der Waals surface area contributed by atoms with Gasteiger partial charge in [0.25, 0.3) is 0 Å². The largest absolute Gasteiger partial charge is 0.271 e. The van der Waals surface area contributed by atoms with Gasteiger partial charge >= 0.3 is 0 Å². The minimum atomic E-state index is 0.474. The molecule has 3 N–H and O–H groups in total. The fourth-order valence-electron chi connectivity index (χ4n) is 3.67. The summed E-state index contributed by atoms with van der Waals surface area (Å²) in [5.41, 5.74) is 3.57. The van der Waals surface area contributed by atoms with Crippen molar-refractivity contribution >= 4 is 0 Å². The van der Waals surface area contributed by atoms with Gasteiger partial charge in [0.2, 0.25) is 0 Å². The molecule has 1 saturated carbocycles. The molecule has 1 rings (SSSR count). The predicted octanol–water partition coefficient (Wildman–Crippen LogP) is 4.81. The van der Waals surface area contributed by atoms with E-state index in [1.165, 1.54) is 51.4 Å². The zero-order valence-electron chi connectivity index (χ0n) is 14.0. The molecule has 0 saturated heterocycles. The van der Waals surface area contributed by atoms with Crippen LogP contribution < -0.4 is 11.3 Å². The lowest BCUT2D eigenvalue weighted by Crippen LogP contribution is -2.43. The highest BCUT2D eigenvalue weighted by Crippen LogP contribution is 2.41. The minimum Gasteiger partial charge on any atom is -0.271 e. The second-order valence-corrected chi connectivity index (χ2v) is 7.68. The van der Waals surface area contributed by atoms with Crippen LogP contribution in [0.3, 0.4) is 0 Å². The Kier molecular flexibility index (Phi) is 7.83. The van der Waals surface area contributed by atoms with Crippen molar-refractivity contribution in [3.8, 4) is 0 Å². The lowest BCUT2D eigenvalue weighted by atomic mass is 9.68. The van der Waals surface area contributed by atoms with E-state index in [-0.39, 0.29) is 0 Å². The van der Waals surface area contributed by atoms with Crippen LogP contribution in [0.2, 0.25) is 0 Å². The Balaban J connectivity index is 2.28. The van der Waals surface area contributed by atoms with E-state index in [9.17, 15) is 0 Å². The van der Waals surface area contributed by atoms with Gasteiger partial charge in [0, 0.05) is 6.04 Å². The summed E-state index contributed by atoms with van der Waals surface area (Å²) in [5.74, 6) is 7.48. The first-order chi connectivity index (χ1) is 9.49. The third-order valence-corrected chi connectivity index (χ3v) is 5.20. The van der Waals surface area contributed by atoms with Crippen LogP contribution in [0.15, 0.2) is 12.7 Å². The van der Waals surface area contributed by atoms with E-state index in [2.05, 4.69) is 32.8 Å². The molecule has 0 heterocycles. The quantitative estimate of drug-likeness (QED) is 0.290. The van der Waals surface area contributed by atoms with Crippen LogP contribution in [0.1, 0.15) is 78.6 Å². The highest BCUT2D eigenvalue weighted by Gasteiger charge is 2.32. The van der Waals surface area contributed by atoms with Gasteiger partial charge in [-0.3, -0.25) is 11.3 Å². The summed E-state index contributed by atoms with van der Waals surface area (Å²) < 4.78 is 0. The Hall–Kier alpha value is -0.340. The van der Waals surface area contributed by atoms with Gasteiger partial charge in [-0.25, -0.2) is 0 Å². The number of allylic oxidation sites excluding steroid dienone is 1. The molecule has 0 bridgehead atoms. The molecule has 1 atom stereocenters. The zero-order chi connectivity index (χ0) is 15.0. The van der Waals surface area contributed by atoms with Crippen molar-refractivity contribution in [2.45, 2.75) is 84.6 Å². The normalized spacial score (nSPS) is 25.4. The number of hydrogen-bond acceptors (Lipinski definition) is 2. The number of hydrazine groups is 1. The topological polar surface area (TPSA) is 38.0 Å². The van der Waals surface area contributed by atoms with E-state index in [4.69, 9.17) is 5.84 Å². The molecular weight excluding hydrogens is 244 g/mol. The molecule has 0 amide bonds. The Morgan fingerprint density at radius 1 is 1.15 bits per heavy atom. The first-order valence-electron chi connectivity index (χ1n) is 8.56. The van der Waals surface area contributed by atoms with E-state index in [1.807, 2.05) is 6.08 Å². The van der Waals surface area contributed by atoms with Crippen LogP contribution in [-0.4, -0.2) is 6.04 Å². The summed E-state index contributed by atoms with van der Waals surface area (Å²) in [7, 11) is 0. The summed E-state index contributed by atoms with van der Waals surface area (Å²) in [6.07, 6.45) is 13.7. The van der Waals surface area contributed by atoms with Gasteiger partial charge in [0.05, 0.1) is 0 Å². The van der Waals surface area contributed by atoms with E-state index < -0.39 is 0 Å². The van der Waals surface area contributed by atoms with Crippen molar-refractivity contribution < 1.29 is 0 Å². The van der Waals surface area contributed by atoms with Crippen molar-refractivity contribution in [3.63, 3.8) is 0 Å². The van der Waals surface area contributed by atoms with Crippen LogP contribution >= 0.6 is 0 Å². The van der Waals surface area contributed by atoms with E-state index in [0.29, 0.717) is 11.5 Å². The van der Waals surface area contributed by atoms with Crippen LogP contribution in [0.25, 0.3) is 0 Å². The third-order valence-electron chi connectivity index (χ3n) is 5.20. The fourth-order valence-corrected chi connectivity index (χ4v) is 3.67. The lowest BCUT2D eigenvalue weighted by molar-refractivity contribution is 0.129. The monoisotopic (exact) mass is 280 g/mol. The van der Waals surface area contributed by atoms with Gasteiger partial charge < -0.3 is 0 Å². The standard InChI is InChI=1S/C18H36N2/c1-5-6-7-8-9-10-17(20-19)15-11-13-16(14-12-15)18(2,3)4/h5,15-17,20H,1,6-14,19H2,2-4H3. The molecule has 2 nitrogen and oxygen atoms in total. The van der Waals surface area contributed by atoms with Crippen molar-refractivity contribution in [2.24, 2.45) is 23.1 Å². The van der Waals surface area contributed by atoms with Crippen molar-refractivity contribution in [3.05, 3.63) is 12.7 Å². The van der Waals surface area contributed by atoms with Crippen LogP contribution in [0, 0.1) is 17.3 Å². The molecule has 118 valence electrons. The van der Waals surface area contributed by atoms with E-state index in [0.717, 1.165) is 18.3 Å². The highest BCUT2D eigenvalue weighted by atomic mass is 15.2. The summed E-state index contributed by atoms with van der Waals surface area (Å²) in [5, 5.41) is 0. The molecule has 2 heteroatoms. The van der Waals surface area contributed by atoms with Crippen molar-refractivity contribution in [2.75, 3.05) is 0 Å². The summed E-state index contributed by atoms with van der Waals surface area (Å²) in [6.45, 7) is 10.9. The predicted molar refractivity (Wildman–Crippen MR) is 89.3 cm³/mol. The molecule has 0 radical (unpaired) electrons. The van der Waals surface area contributed by atoms with Gasteiger partial charge in [-0.1, -0.05) is 39.7 Å². The summed E-state index contributed by atoms with van der Waals surface area (Å²) >= 11 is 0. The molecule has 0 spiro atoms. The van der Waals surface area contributed by atoms with Crippen molar-refractivity contribution in [1.29, 1.82) is 0 Å². The average Bonchev–Trinajstić information content (AvgIpc) is 2.42. The molecule has 0 aromatic carbocycles. The number of hydrogen-bond donors (Lipinski definition) is 2. The van der Waals surface area contributed by atoms with Gasteiger partial charge in [-0.2, -0.15) is 0 Å². The smallest absolute Gasteiger partial charge is 0.0238 e. The molecule has 0 aliphatic heterocycles. The molecule has 0 aromatic heterocycles. The van der Waals surface area contributed by atoms with Gasteiger partial charge in [-0.05, 0) is 62.2 Å². The Morgan fingerprint density at radius 2 is 1.80 bits per heavy atom. The van der Waals surface area contributed by atoms with Gasteiger partial charge in [-0.15, -0.1) is 6.58 Å². The molecule has 20 heavy (non-hydrogen) atoms. The SMILES string of the molecule is C=CCCCCCC(NN)C1CCC(C(C)(C)C)CC1. The van der Waals surface area contributed by atoms with Gasteiger partial charge in [0.15, 0.2) is 0 Å². The Bertz CT molecular complexity index is 259. The van der Waals surface area contributed by atoms with Crippen LogP contribution in [0.5, 0.6) is 0 Å². The Labute approximate surface area is 126 Å². The van der Waals surface area contributed by atoms with Crippen molar-refractivity contribution in [1.82, 2.24) is 5.43 Å². The number of rotatable bonds is 8. The maximum absolute atomic E-state index is 5.80. The molecule has 1 aliphatic rings. The summed E-state index contributed by atoms with van der Waals surface area (Å²) in [6, 6.07) is 0.527. The molecule has 1 aliphatic carbocycles. The summed E-state index contributed by atoms with van der Waals surface area (Å²) in [4.78, 5) is 0. The van der Waals surface area contributed by atoms with Crippen LogP contribution in [-0.2, 0) is 0 Å². The lowest BCUT2D eigenvalue weighted by Gasteiger charge is -2.39. The van der Waals surface area contributed by atoms with E-state index in [1.54, 1.807) is 0 Å². The highest BCUT2D eigenvalue weighted by molar-refractivity contribution is 4.85. The number of nitrogens with two attached hydrogens (primary N) is 1. The maximum Gasteiger partial charge on any atom is 0.0238 e. The molecular formula is C18H36N2. The second-order valence-electron chi connectivity index (χ2n) is 7.68. The molecule has 1 fully saturated rings. The maximum atomic E-state index is 5.80. The van der Waals surface area contributed by atoms with Crippen LogP contribution in [0.4, 0.5) is 0 Å². The first-order valence-corrected chi connectivity index (χ1v) is 8.56. The molecule has 0 aromatic rings. The Morgan fingerprint density at radius 3 is 2.30 bits per heavy atom. The average molecular weight is 280 g/mol. The number of unbranched alkanes of at least 4 members (excludes halogenated alkanes) is 3. The first kappa shape index (κ1) is 17.7. The third kappa shape index (κ3) is 5.97. The van der Waals surface area contributed by atoms with E-state index >= 15 is 0 Å².